The molecular formula is C14H14Br2F2N2O. The highest BCUT2D eigenvalue weighted by Gasteiger charge is 2.21. The predicted octanol–water partition coefficient (Wildman–Crippen LogP) is 4.29. The van der Waals surface area contributed by atoms with Crippen LogP contribution in [0.4, 0.5) is 8.78 Å². The molecule has 1 N–H and O–H groups in total. The fraction of sp³-hybridized carbons (Fsp3) is 0.357. The van der Waals surface area contributed by atoms with Gasteiger partial charge in [0.2, 0.25) is 0 Å². The molecule has 1 unspecified atom stereocenters. The van der Waals surface area contributed by atoms with Gasteiger partial charge >= 0.3 is 0 Å². The standard InChI is InChI=1S/C14H14Br2F2N2O/c1-3-20-10(12(15)7(2)19-20)6-11(21)8-4-5-9(17)14(18)13(8)16/h4-5,11,21H,3,6H2,1-2H3. The number of halogens is 4. The normalized spacial score (nSPS) is 12.7. The Morgan fingerprint density at radius 3 is 2.57 bits per heavy atom. The van der Waals surface area contributed by atoms with E-state index in [1.54, 1.807) is 4.68 Å². The summed E-state index contributed by atoms with van der Waals surface area (Å²) in [6, 6.07) is 2.39. The Hall–Kier alpha value is -0.790. The molecule has 2 rings (SSSR count). The summed E-state index contributed by atoms with van der Waals surface area (Å²) in [6.45, 7) is 4.47. The molecule has 7 heteroatoms. The molecule has 1 aromatic heterocycles. The summed E-state index contributed by atoms with van der Waals surface area (Å²) in [7, 11) is 0. The first-order chi connectivity index (χ1) is 9.86. The Labute approximate surface area is 138 Å². The molecule has 0 saturated carbocycles. The second kappa shape index (κ2) is 6.54. The largest absolute Gasteiger partial charge is 0.388 e. The number of rotatable bonds is 4. The van der Waals surface area contributed by atoms with E-state index in [1.807, 2.05) is 13.8 Å². The van der Waals surface area contributed by atoms with Crippen molar-refractivity contribution in [1.29, 1.82) is 0 Å². The molecule has 114 valence electrons. The smallest absolute Gasteiger partial charge is 0.173 e. The second-order valence-electron chi connectivity index (χ2n) is 4.65. The summed E-state index contributed by atoms with van der Waals surface area (Å²) >= 11 is 6.44. The molecule has 0 aliphatic heterocycles. The van der Waals surface area contributed by atoms with Crippen molar-refractivity contribution >= 4 is 31.9 Å². The summed E-state index contributed by atoms with van der Waals surface area (Å²) in [5.41, 5.74) is 1.95. The van der Waals surface area contributed by atoms with E-state index >= 15 is 0 Å². The molecule has 21 heavy (non-hydrogen) atoms. The predicted molar refractivity (Wildman–Crippen MR) is 83.1 cm³/mol. The molecule has 0 amide bonds. The maximum atomic E-state index is 13.6. The zero-order valence-electron chi connectivity index (χ0n) is 11.5. The maximum absolute atomic E-state index is 13.6. The highest BCUT2D eigenvalue weighted by atomic mass is 79.9. The van der Waals surface area contributed by atoms with Crippen LogP contribution in [0.25, 0.3) is 0 Å². The molecular weight excluding hydrogens is 410 g/mol. The molecule has 0 aliphatic rings. The molecule has 0 spiro atoms. The van der Waals surface area contributed by atoms with Gasteiger partial charge in [-0.2, -0.15) is 5.10 Å². The SMILES string of the molecule is CCn1nc(C)c(Br)c1CC(O)c1ccc(F)c(F)c1Br. The number of aliphatic hydroxyl groups is 1. The first kappa shape index (κ1) is 16.6. The van der Waals surface area contributed by atoms with Crippen molar-refractivity contribution in [3.63, 3.8) is 0 Å². The van der Waals surface area contributed by atoms with Gasteiger partial charge in [-0.15, -0.1) is 0 Å². The van der Waals surface area contributed by atoms with Crippen LogP contribution in [0.1, 0.15) is 30.0 Å². The first-order valence-corrected chi connectivity index (χ1v) is 7.98. The van der Waals surface area contributed by atoms with E-state index < -0.39 is 17.7 Å². The van der Waals surface area contributed by atoms with Crippen LogP contribution in [-0.2, 0) is 13.0 Å². The van der Waals surface area contributed by atoms with Crippen molar-refractivity contribution in [2.45, 2.75) is 32.9 Å². The topological polar surface area (TPSA) is 38.0 Å². The maximum Gasteiger partial charge on any atom is 0.173 e. The lowest BCUT2D eigenvalue weighted by Crippen LogP contribution is -2.10. The fourth-order valence-corrected chi connectivity index (χ4v) is 3.19. The summed E-state index contributed by atoms with van der Waals surface area (Å²) in [4.78, 5) is 0. The molecule has 3 nitrogen and oxygen atoms in total. The zero-order valence-corrected chi connectivity index (χ0v) is 14.7. The number of hydrogen-bond acceptors (Lipinski definition) is 2. The van der Waals surface area contributed by atoms with E-state index in [2.05, 4.69) is 37.0 Å². The Bertz CT molecular complexity index is 673. The van der Waals surface area contributed by atoms with Gasteiger partial charge in [-0.25, -0.2) is 8.78 Å². The summed E-state index contributed by atoms with van der Waals surface area (Å²) in [5, 5.41) is 14.7. The van der Waals surface area contributed by atoms with Gasteiger partial charge in [0, 0.05) is 13.0 Å². The van der Waals surface area contributed by atoms with Crippen LogP contribution in [0.15, 0.2) is 21.1 Å². The van der Waals surface area contributed by atoms with Crippen molar-refractivity contribution in [2.24, 2.45) is 0 Å². The van der Waals surface area contributed by atoms with E-state index in [-0.39, 0.29) is 10.9 Å². The van der Waals surface area contributed by atoms with Crippen LogP contribution < -0.4 is 0 Å². The van der Waals surface area contributed by atoms with Gasteiger partial charge in [-0.1, -0.05) is 6.07 Å². The fourth-order valence-electron chi connectivity index (χ4n) is 2.16. The van der Waals surface area contributed by atoms with Crippen LogP contribution >= 0.6 is 31.9 Å². The average Bonchev–Trinajstić information content (AvgIpc) is 2.72. The van der Waals surface area contributed by atoms with Gasteiger partial charge in [0.25, 0.3) is 0 Å². The molecule has 1 atom stereocenters. The van der Waals surface area contributed by atoms with Gasteiger partial charge in [-0.3, -0.25) is 4.68 Å². The molecule has 2 aromatic rings. The Morgan fingerprint density at radius 2 is 1.95 bits per heavy atom. The van der Waals surface area contributed by atoms with Gasteiger partial charge < -0.3 is 5.11 Å². The third-order valence-corrected chi connectivity index (χ3v) is 5.10. The van der Waals surface area contributed by atoms with Crippen molar-refractivity contribution in [3.8, 4) is 0 Å². The van der Waals surface area contributed by atoms with Crippen molar-refractivity contribution in [1.82, 2.24) is 9.78 Å². The molecule has 0 radical (unpaired) electrons. The molecule has 0 fully saturated rings. The summed E-state index contributed by atoms with van der Waals surface area (Å²) in [5.74, 6) is -1.95. The molecule has 1 heterocycles. The van der Waals surface area contributed by atoms with Crippen LogP contribution in [0.5, 0.6) is 0 Å². The highest BCUT2D eigenvalue weighted by Crippen LogP contribution is 2.32. The van der Waals surface area contributed by atoms with E-state index in [0.717, 1.165) is 21.9 Å². The lowest BCUT2D eigenvalue weighted by molar-refractivity contribution is 0.173. The van der Waals surface area contributed by atoms with Crippen LogP contribution in [0, 0.1) is 18.6 Å². The minimum atomic E-state index is -0.995. The first-order valence-electron chi connectivity index (χ1n) is 6.40. The van der Waals surface area contributed by atoms with Gasteiger partial charge in [-0.05, 0) is 57.3 Å². The third kappa shape index (κ3) is 3.19. The molecule has 0 saturated heterocycles. The van der Waals surface area contributed by atoms with Crippen molar-refractivity contribution in [3.05, 3.63) is 49.7 Å². The average molecular weight is 424 g/mol. The van der Waals surface area contributed by atoms with E-state index in [0.29, 0.717) is 12.1 Å². The molecule has 0 bridgehead atoms. The number of benzene rings is 1. The quantitative estimate of drug-likeness (QED) is 0.745. The van der Waals surface area contributed by atoms with Crippen LogP contribution in [0.2, 0.25) is 0 Å². The van der Waals surface area contributed by atoms with Crippen LogP contribution in [-0.4, -0.2) is 14.9 Å². The third-order valence-electron chi connectivity index (χ3n) is 3.26. The van der Waals surface area contributed by atoms with Gasteiger partial charge in [0.1, 0.15) is 0 Å². The van der Waals surface area contributed by atoms with Gasteiger partial charge in [0.05, 0.1) is 26.4 Å². The molecule has 0 aliphatic carbocycles. The molecule has 1 aromatic carbocycles. The Balaban J connectivity index is 2.35. The van der Waals surface area contributed by atoms with Crippen molar-refractivity contribution < 1.29 is 13.9 Å². The lowest BCUT2D eigenvalue weighted by atomic mass is 10.0. The second-order valence-corrected chi connectivity index (χ2v) is 6.23. The van der Waals surface area contributed by atoms with E-state index in [4.69, 9.17) is 0 Å². The minimum Gasteiger partial charge on any atom is -0.388 e. The van der Waals surface area contributed by atoms with E-state index in [1.165, 1.54) is 6.07 Å². The number of hydrogen-bond donors (Lipinski definition) is 1. The summed E-state index contributed by atoms with van der Waals surface area (Å²) < 4.78 is 29.2. The van der Waals surface area contributed by atoms with Crippen LogP contribution in [0.3, 0.4) is 0 Å². The highest BCUT2D eigenvalue weighted by molar-refractivity contribution is 9.10. The minimum absolute atomic E-state index is 0.0505. The Kier molecular flexibility index (Phi) is 5.16. The van der Waals surface area contributed by atoms with Crippen molar-refractivity contribution in [2.75, 3.05) is 0 Å². The number of aryl methyl sites for hydroxylation is 2. The monoisotopic (exact) mass is 422 g/mol. The number of nitrogens with zero attached hydrogens (tertiary/aromatic N) is 2. The summed E-state index contributed by atoms with van der Waals surface area (Å²) in [6.07, 6.45) is -0.717. The van der Waals surface area contributed by atoms with E-state index in [9.17, 15) is 13.9 Å². The number of aromatic nitrogens is 2. The Morgan fingerprint density at radius 1 is 1.29 bits per heavy atom. The lowest BCUT2D eigenvalue weighted by Gasteiger charge is -2.15. The van der Waals surface area contributed by atoms with Gasteiger partial charge in [0.15, 0.2) is 11.6 Å². The number of aliphatic hydroxyl groups excluding tert-OH is 1. The zero-order chi connectivity index (χ0) is 15.7.